The van der Waals surface area contributed by atoms with Gasteiger partial charge in [0, 0.05) is 0 Å². The molecule has 0 bridgehead atoms. The Balaban J connectivity index is 0.000000324. The lowest BCUT2D eigenvalue weighted by Crippen LogP contribution is -2.23. The fraction of sp³-hybridized carbons (Fsp3) is 0.360. The van der Waals surface area contributed by atoms with E-state index in [0.717, 1.165) is 10.9 Å². The van der Waals surface area contributed by atoms with E-state index in [2.05, 4.69) is 10.1 Å². The van der Waals surface area contributed by atoms with E-state index in [0.29, 0.717) is 35.7 Å². The second-order valence-electron chi connectivity index (χ2n) is 9.32. The summed E-state index contributed by atoms with van der Waals surface area (Å²) in [6.07, 6.45) is -9.79. The topological polar surface area (TPSA) is 134 Å². The maximum Gasteiger partial charge on any atom is 0.434 e. The Morgan fingerprint density at radius 3 is 1.87 bits per heavy atom. The number of hydrogen-bond acceptors (Lipinski definition) is 9. The summed E-state index contributed by atoms with van der Waals surface area (Å²) >= 11 is 12.6. The maximum atomic E-state index is 13.4. The third-order valence-corrected chi connectivity index (χ3v) is 7.46. The molecule has 3 rings (SSSR count). The summed E-state index contributed by atoms with van der Waals surface area (Å²) in [4.78, 5) is 37.2. The Kier molecular flexibility index (Phi) is 12.9. The zero-order valence-corrected chi connectivity index (χ0v) is 26.8. The van der Waals surface area contributed by atoms with Gasteiger partial charge >= 0.3 is 18.0 Å². The quantitative estimate of drug-likeness (QED) is 0.143. The molecule has 0 atom stereocenters. The van der Waals surface area contributed by atoms with Gasteiger partial charge in [0.15, 0.2) is 5.69 Å². The lowest BCUT2D eigenvalue weighted by Gasteiger charge is -2.21. The fourth-order valence-corrected chi connectivity index (χ4v) is 5.38. The lowest BCUT2D eigenvalue weighted by molar-refractivity contribution is -0.383. The number of halogens is 10. The van der Waals surface area contributed by atoms with Crippen molar-refractivity contribution < 1.29 is 49.6 Å². The molecule has 0 aliphatic carbocycles. The van der Waals surface area contributed by atoms with E-state index < -0.39 is 73.5 Å². The zero-order valence-electron chi connectivity index (χ0n) is 23.7. The molecule has 1 aromatic carbocycles. The SMILES string of the molecule is CSC(=O)c1c(C(F)F)nc(C(F)(F)F)c(C(=O)SC)c1CC(C)C.Nc1c([N+](=O)[O-])cnn1-c1c(Cl)cc(C(F)(F)F)cc1Cl. The molecule has 0 saturated carbocycles. The molecule has 46 heavy (non-hydrogen) atoms. The van der Waals surface area contributed by atoms with E-state index in [-0.39, 0.29) is 33.6 Å². The van der Waals surface area contributed by atoms with Crippen LogP contribution in [0.3, 0.4) is 0 Å². The predicted molar refractivity (Wildman–Crippen MR) is 158 cm³/mol. The van der Waals surface area contributed by atoms with Gasteiger partial charge in [-0.25, -0.2) is 18.4 Å². The van der Waals surface area contributed by atoms with Crippen molar-refractivity contribution in [1.82, 2.24) is 14.8 Å². The Bertz CT molecular complexity index is 1630. The Morgan fingerprint density at radius 1 is 1.00 bits per heavy atom. The van der Waals surface area contributed by atoms with Crippen LogP contribution >= 0.6 is 46.7 Å². The van der Waals surface area contributed by atoms with E-state index in [4.69, 9.17) is 28.9 Å². The number of nitrogens with two attached hydrogens (primary N) is 1. The first kappa shape index (κ1) is 39.0. The number of thioether (sulfide) groups is 2. The molecule has 0 spiro atoms. The second kappa shape index (κ2) is 15.2. The van der Waals surface area contributed by atoms with Gasteiger partial charge in [-0.3, -0.25) is 19.7 Å². The molecule has 2 N–H and O–H groups in total. The van der Waals surface area contributed by atoms with Crippen LogP contribution < -0.4 is 5.73 Å². The summed E-state index contributed by atoms with van der Waals surface area (Å²) < 4.78 is 105. The third kappa shape index (κ3) is 8.80. The Morgan fingerprint density at radius 2 is 1.50 bits per heavy atom. The average molecular weight is 742 g/mol. The average Bonchev–Trinajstić information content (AvgIpc) is 3.31. The Hall–Kier alpha value is -3.16. The van der Waals surface area contributed by atoms with Crippen molar-refractivity contribution in [3.63, 3.8) is 0 Å². The zero-order chi connectivity index (χ0) is 35.5. The third-order valence-electron chi connectivity index (χ3n) is 5.73. The molecule has 0 amide bonds. The van der Waals surface area contributed by atoms with Crippen LogP contribution in [0.15, 0.2) is 18.3 Å². The van der Waals surface area contributed by atoms with Gasteiger partial charge in [-0.2, -0.15) is 31.4 Å². The number of nitrogens with zero attached hydrogens (tertiary/aromatic N) is 4. The van der Waals surface area contributed by atoms with Crippen LogP contribution in [0.4, 0.5) is 46.6 Å². The molecule has 3 aromatic rings. The van der Waals surface area contributed by atoms with Crippen LogP contribution in [-0.4, -0.2) is 42.4 Å². The molecule has 0 aliphatic heterocycles. The second-order valence-corrected chi connectivity index (χ2v) is 11.7. The summed E-state index contributed by atoms with van der Waals surface area (Å²) in [5, 5.41) is 11.7. The van der Waals surface area contributed by atoms with Crippen molar-refractivity contribution in [3.8, 4) is 5.69 Å². The van der Waals surface area contributed by atoms with Crippen LogP contribution in [0.5, 0.6) is 0 Å². The standard InChI is InChI=1S/C15H16F5NO2S2.C10H5Cl2F3N4O2/c1-6(2)5-7-8(13(22)24-3)10(12(16)17)21-11(15(18,19)20)9(7)14(23)25-4;11-5-1-4(10(13,14)15)2-6(12)8(5)18-9(16)7(3-17-18)19(20)21/h6,12H,5H2,1-4H3;1-3H,16H2. The van der Waals surface area contributed by atoms with Crippen LogP contribution in [0.25, 0.3) is 5.69 Å². The van der Waals surface area contributed by atoms with Crippen molar-refractivity contribution >= 4 is 68.5 Å². The highest BCUT2D eigenvalue weighted by atomic mass is 35.5. The largest absolute Gasteiger partial charge is 0.434 e. The van der Waals surface area contributed by atoms with Gasteiger partial charge in [-0.15, -0.1) is 0 Å². The number of pyridine rings is 1. The first-order valence-corrected chi connectivity index (χ1v) is 15.4. The number of rotatable bonds is 7. The van der Waals surface area contributed by atoms with Crippen LogP contribution in [0.2, 0.25) is 10.0 Å². The molecule has 0 aliphatic rings. The van der Waals surface area contributed by atoms with Gasteiger partial charge in [-0.05, 0) is 42.5 Å². The fourth-order valence-electron chi connectivity index (χ4n) is 3.88. The summed E-state index contributed by atoms with van der Waals surface area (Å²) in [5.74, 6) is -0.667. The van der Waals surface area contributed by atoms with Crippen LogP contribution in [0.1, 0.15) is 63.5 Å². The van der Waals surface area contributed by atoms with Crippen molar-refractivity contribution in [2.24, 2.45) is 5.92 Å². The number of hydrogen-bond donors (Lipinski definition) is 1. The van der Waals surface area contributed by atoms with Gasteiger partial charge in [0.05, 0.1) is 31.7 Å². The van der Waals surface area contributed by atoms with Crippen molar-refractivity contribution in [2.45, 2.75) is 39.0 Å². The highest BCUT2D eigenvalue weighted by Crippen LogP contribution is 2.41. The molecule has 252 valence electrons. The highest BCUT2D eigenvalue weighted by molar-refractivity contribution is 8.13. The normalized spacial score (nSPS) is 11.9. The number of carbonyl (C=O) groups is 2. The Labute approximate surface area is 273 Å². The first-order chi connectivity index (χ1) is 21.1. The van der Waals surface area contributed by atoms with E-state index in [1.54, 1.807) is 13.8 Å². The molecule has 0 unspecified atom stereocenters. The molecule has 2 heterocycles. The number of anilines is 1. The van der Waals surface area contributed by atoms with Gasteiger partial charge in [0.2, 0.25) is 16.0 Å². The highest BCUT2D eigenvalue weighted by Gasteiger charge is 2.42. The van der Waals surface area contributed by atoms with E-state index >= 15 is 0 Å². The van der Waals surface area contributed by atoms with Gasteiger partial charge in [-0.1, -0.05) is 60.6 Å². The monoisotopic (exact) mass is 741 g/mol. The summed E-state index contributed by atoms with van der Waals surface area (Å²) in [6.45, 7) is 3.30. The lowest BCUT2D eigenvalue weighted by atomic mass is 9.92. The van der Waals surface area contributed by atoms with E-state index in [1.165, 1.54) is 12.5 Å². The van der Waals surface area contributed by atoms with Crippen LogP contribution in [-0.2, 0) is 18.8 Å². The molecular formula is C25H21Cl2F8N5O4S2. The van der Waals surface area contributed by atoms with Gasteiger partial charge < -0.3 is 5.73 Å². The molecule has 9 nitrogen and oxygen atoms in total. The number of nitro groups is 1. The molecule has 21 heteroatoms. The molecular weight excluding hydrogens is 721 g/mol. The van der Waals surface area contributed by atoms with Crippen molar-refractivity contribution in [1.29, 1.82) is 0 Å². The number of carbonyl (C=O) groups excluding carboxylic acids is 2. The number of aromatic nitrogens is 3. The van der Waals surface area contributed by atoms with Gasteiger partial charge in [0.25, 0.3) is 6.43 Å². The predicted octanol–water partition coefficient (Wildman–Crippen LogP) is 8.93. The molecule has 0 fully saturated rings. The van der Waals surface area contributed by atoms with Crippen LogP contribution in [0, 0.1) is 16.0 Å². The number of benzene rings is 1. The summed E-state index contributed by atoms with van der Waals surface area (Å²) in [5.41, 5.74) is -0.845. The smallest absolute Gasteiger partial charge is 0.378 e. The van der Waals surface area contributed by atoms with Crippen molar-refractivity contribution in [3.05, 3.63) is 72.1 Å². The van der Waals surface area contributed by atoms with Gasteiger partial charge in [0.1, 0.15) is 17.6 Å². The summed E-state index contributed by atoms with van der Waals surface area (Å²) in [6, 6.07) is 1.27. The molecule has 0 saturated heterocycles. The van der Waals surface area contributed by atoms with E-state index in [9.17, 15) is 54.8 Å². The first-order valence-electron chi connectivity index (χ1n) is 12.2. The minimum Gasteiger partial charge on any atom is -0.378 e. The van der Waals surface area contributed by atoms with E-state index in [1.807, 2.05) is 0 Å². The minimum absolute atomic E-state index is 0.130. The molecule has 0 radical (unpaired) electrons. The van der Waals surface area contributed by atoms with Crippen molar-refractivity contribution in [2.75, 3.05) is 18.2 Å². The minimum atomic E-state index is -5.10. The number of nitrogen functional groups attached to an aromatic ring is 1. The number of alkyl halides is 8. The summed E-state index contributed by atoms with van der Waals surface area (Å²) in [7, 11) is 0. The molecule has 2 aromatic heterocycles. The maximum absolute atomic E-state index is 13.4.